The predicted octanol–water partition coefficient (Wildman–Crippen LogP) is 3.41. The van der Waals surface area contributed by atoms with Gasteiger partial charge < -0.3 is 10.2 Å². The summed E-state index contributed by atoms with van der Waals surface area (Å²) < 4.78 is 5.29. The Hall–Kier alpha value is -1.41. The molecule has 0 saturated carbocycles. The average Bonchev–Trinajstić information content (AvgIpc) is 2.58. The average molecular weight is 222 g/mol. The lowest BCUT2D eigenvalue weighted by Crippen LogP contribution is -1.95. The van der Waals surface area contributed by atoms with E-state index in [1.165, 1.54) is 5.56 Å². The van der Waals surface area contributed by atoms with Crippen molar-refractivity contribution in [3.05, 3.63) is 52.4 Å². The summed E-state index contributed by atoms with van der Waals surface area (Å²) in [4.78, 5) is 0. The highest BCUT2D eigenvalue weighted by atomic mass is 35.5. The van der Waals surface area contributed by atoms with Crippen molar-refractivity contribution in [3.8, 4) is 0 Å². The van der Waals surface area contributed by atoms with Gasteiger partial charge in [0.1, 0.15) is 5.76 Å². The summed E-state index contributed by atoms with van der Waals surface area (Å²) in [5.74, 6) is 0.831. The van der Waals surface area contributed by atoms with Crippen molar-refractivity contribution < 1.29 is 4.42 Å². The van der Waals surface area contributed by atoms with Crippen LogP contribution in [0, 0.1) is 6.92 Å². The van der Waals surface area contributed by atoms with E-state index in [9.17, 15) is 0 Å². The molecule has 0 fully saturated rings. The molecule has 1 aromatic carbocycles. The highest BCUT2D eigenvalue weighted by Gasteiger charge is 2.04. The first-order valence-corrected chi connectivity index (χ1v) is 5.12. The maximum atomic E-state index is 5.87. The molecule has 0 atom stereocenters. The Morgan fingerprint density at radius 3 is 2.73 bits per heavy atom. The lowest BCUT2D eigenvalue weighted by atomic mass is 10.1. The van der Waals surface area contributed by atoms with Crippen LogP contribution in [0.25, 0.3) is 0 Å². The summed E-state index contributed by atoms with van der Waals surface area (Å²) in [5, 5.41) is 0.413. The third-order valence-electron chi connectivity index (χ3n) is 2.29. The number of nitrogens with two attached hydrogens (primary N) is 1. The molecular formula is C12H12ClNO. The maximum Gasteiger partial charge on any atom is 0.193 e. The van der Waals surface area contributed by atoms with Crippen molar-refractivity contribution in [2.24, 2.45) is 0 Å². The second-order valence-corrected chi connectivity index (χ2v) is 3.96. The fraction of sp³-hybridized carbons (Fsp3) is 0.167. The van der Waals surface area contributed by atoms with Gasteiger partial charge in [0, 0.05) is 12.1 Å². The van der Waals surface area contributed by atoms with E-state index in [0.29, 0.717) is 11.6 Å². The predicted molar refractivity (Wildman–Crippen MR) is 62.1 cm³/mol. The molecule has 78 valence electrons. The smallest absolute Gasteiger partial charge is 0.193 e. The van der Waals surface area contributed by atoms with Gasteiger partial charge in [-0.25, -0.2) is 0 Å². The monoisotopic (exact) mass is 221 g/mol. The molecule has 15 heavy (non-hydrogen) atoms. The van der Waals surface area contributed by atoms with Crippen molar-refractivity contribution in [3.63, 3.8) is 0 Å². The molecule has 0 unspecified atom stereocenters. The normalized spacial score (nSPS) is 10.5. The topological polar surface area (TPSA) is 39.2 Å². The molecule has 2 aromatic rings. The third-order valence-corrected chi connectivity index (χ3v) is 2.50. The first-order chi connectivity index (χ1) is 7.15. The zero-order valence-electron chi connectivity index (χ0n) is 8.46. The van der Waals surface area contributed by atoms with E-state index >= 15 is 0 Å². The van der Waals surface area contributed by atoms with Gasteiger partial charge in [0.25, 0.3) is 0 Å². The van der Waals surface area contributed by atoms with Gasteiger partial charge in [0.2, 0.25) is 0 Å². The molecule has 1 heterocycles. The molecule has 0 radical (unpaired) electrons. The quantitative estimate of drug-likeness (QED) is 0.790. The number of furan rings is 1. The van der Waals surface area contributed by atoms with Crippen LogP contribution in [0.4, 0.5) is 5.69 Å². The van der Waals surface area contributed by atoms with Gasteiger partial charge in [-0.05, 0) is 42.3 Å². The van der Waals surface area contributed by atoms with Crippen molar-refractivity contribution in [2.75, 3.05) is 5.73 Å². The summed E-state index contributed by atoms with van der Waals surface area (Å²) in [6.07, 6.45) is 0.681. The van der Waals surface area contributed by atoms with Crippen LogP contribution in [0.3, 0.4) is 0 Å². The number of benzene rings is 1. The standard InChI is InChI=1S/C12H12ClNO/c1-8-2-4-11(14)9(6-8)7-10-3-5-12(13)15-10/h2-6H,7,14H2,1H3. The first kappa shape index (κ1) is 10.1. The van der Waals surface area contributed by atoms with E-state index in [1.807, 2.05) is 25.1 Å². The number of rotatable bonds is 2. The van der Waals surface area contributed by atoms with E-state index in [1.54, 1.807) is 6.07 Å². The Balaban J connectivity index is 2.27. The molecule has 0 aliphatic rings. The minimum atomic E-state index is 0.413. The second kappa shape index (κ2) is 3.99. The number of aryl methyl sites for hydroxylation is 1. The minimum Gasteiger partial charge on any atom is -0.449 e. The lowest BCUT2D eigenvalue weighted by molar-refractivity contribution is 0.523. The van der Waals surface area contributed by atoms with E-state index in [4.69, 9.17) is 21.8 Å². The SMILES string of the molecule is Cc1ccc(N)c(Cc2ccc(Cl)o2)c1. The van der Waals surface area contributed by atoms with Crippen molar-refractivity contribution in [1.82, 2.24) is 0 Å². The molecule has 0 spiro atoms. The van der Waals surface area contributed by atoms with Crippen LogP contribution in [-0.2, 0) is 6.42 Å². The molecule has 0 aliphatic heterocycles. The third kappa shape index (κ3) is 2.34. The number of anilines is 1. The molecule has 1 aromatic heterocycles. The van der Waals surface area contributed by atoms with Crippen molar-refractivity contribution in [1.29, 1.82) is 0 Å². The summed E-state index contributed by atoms with van der Waals surface area (Å²) in [5.41, 5.74) is 8.92. The van der Waals surface area contributed by atoms with Gasteiger partial charge >= 0.3 is 0 Å². The zero-order valence-corrected chi connectivity index (χ0v) is 9.21. The first-order valence-electron chi connectivity index (χ1n) is 4.74. The summed E-state index contributed by atoms with van der Waals surface area (Å²) in [6.45, 7) is 2.04. The number of nitrogen functional groups attached to an aromatic ring is 1. The molecule has 0 amide bonds. The molecular weight excluding hydrogens is 210 g/mol. The van der Waals surface area contributed by atoms with Crippen molar-refractivity contribution in [2.45, 2.75) is 13.3 Å². The van der Waals surface area contributed by atoms with Crippen LogP contribution in [-0.4, -0.2) is 0 Å². The van der Waals surface area contributed by atoms with Gasteiger partial charge in [-0.3, -0.25) is 0 Å². The van der Waals surface area contributed by atoms with Gasteiger partial charge in [0.05, 0.1) is 0 Å². The Kier molecular flexibility index (Phi) is 2.69. The highest BCUT2D eigenvalue weighted by molar-refractivity contribution is 6.28. The molecule has 2 rings (SSSR count). The molecule has 2 nitrogen and oxygen atoms in total. The Morgan fingerprint density at radius 2 is 2.07 bits per heavy atom. The van der Waals surface area contributed by atoms with Gasteiger partial charge in [-0.15, -0.1) is 0 Å². The molecule has 0 saturated heterocycles. The van der Waals surface area contributed by atoms with E-state index in [2.05, 4.69) is 6.07 Å². The Bertz CT molecular complexity index is 476. The van der Waals surface area contributed by atoms with Crippen LogP contribution >= 0.6 is 11.6 Å². The van der Waals surface area contributed by atoms with Gasteiger partial charge in [-0.2, -0.15) is 0 Å². The summed E-state index contributed by atoms with van der Waals surface area (Å²) in [7, 11) is 0. The van der Waals surface area contributed by atoms with Gasteiger partial charge in [0.15, 0.2) is 5.22 Å². The lowest BCUT2D eigenvalue weighted by Gasteiger charge is -2.04. The maximum absolute atomic E-state index is 5.87. The second-order valence-electron chi connectivity index (χ2n) is 3.58. The van der Waals surface area contributed by atoms with Crippen LogP contribution < -0.4 is 5.73 Å². The Labute approximate surface area is 93.7 Å². The van der Waals surface area contributed by atoms with Gasteiger partial charge in [-0.1, -0.05) is 17.7 Å². The van der Waals surface area contributed by atoms with E-state index in [-0.39, 0.29) is 0 Å². The number of halogens is 1. The van der Waals surface area contributed by atoms with Crippen LogP contribution in [0.2, 0.25) is 5.22 Å². The Morgan fingerprint density at radius 1 is 1.27 bits per heavy atom. The zero-order chi connectivity index (χ0) is 10.8. The van der Waals surface area contributed by atoms with Crippen LogP contribution in [0.5, 0.6) is 0 Å². The molecule has 0 aliphatic carbocycles. The largest absolute Gasteiger partial charge is 0.449 e. The van der Waals surface area contributed by atoms with Crippen LogP contribution in [0.1, 0.15) is 16.9 Å². The number of hydrogen-bond acceptors (Lipinski definition) is 2. The van der Waals surface area contributed by atoms with E-state index < -0.39 is 0 Å². The minimum absolute atomic E-state index is 0.413. The number of hydrogen-bond donors (Lipinski definition) is 1. The van der Waals surface area contributed by atoms with Crippen LogP contribution in [0.15, 0.2) is 34.7 Å². The fourth-order valence-corrected chi connectivity index (χ4v) is 1.68. The highest BCUT2D eigenvalue weighted by Crippen LogP contribution is 2.21. The summed E-state index contributed by atoms with van der Waals surface area (Å²) in [6, 6.07) is 9.57. The van der Waals surface area contributed by atoms with E-state index in [0.717, 1.165) is 17.0 Å². The van der Waals surface area contributed by atoms with Crippen molar-refractivity contribution >= 4 is 17.3 Å². The molecule has 0 bridgehead atoms. The molecule has 2 N–H and O–H groups in total. The summed E-state index contributed by atoms with van der Waals surface area (Å²) >= 11 is 5.70. The molecule has 3 heteroatoms. The fourth-order valence-electron chi connectivity index (χ4n) is 1.52.